The van der Waals surface area contributed by atoms with Crippen molar-refractivity contribution in [1.82, 2.24) is 0 Å². The van der Waals surface area contributed by atoms with Gasteiger partial charge in [0.1, 0.15) is 11.9 Å². The summed E-state index contributed by atoms with van der Waals surface area (Å²) in [5.74, 6) is 0.746. The lowest BCUT2D eigenvalue weighted by molar-refractivity contribution is 0.343. The standard InChI is InChI=1S/C12H18FNO/c1-8(7-14)10-5-4-6-11(15-3)12(10)9(2)13/h4-6,8-9H,7,14H2,1-3H3. The molecule has 0 fully saturated rings. The predicted molar refractivity (Wildman–Crippen MR) is 60.0 cm³/mol. The van der Waals surface area contributed by atoms with Crippen molar-refractivity contribution in [1.29, 1.82) is 0 Å². The van der Waals surface area contributed by atoms with Crippen LogP contribution in [0.25, 0.3) is 0 Å². The fourth-order valence-corrected chi connectivity index (χ4v) is 1.72. The maximum Gasteiger partial charge on any atom is 0.126 e. The number of benzene rings is 1. The van der Waals surface area contributed by atoms with Crippen LogP contribution in [0.1, 0.15) is 37.1 Å². The number of hydrogen-bond acceptors (Lipinski definition) is 2. The third-order valence-electron chi connectivity index (χ3n) is 2.60. The summed E-state index contributed by atoms with van der Waals surface area (Å²) >= 11 is 0. The average molecular weight is 211 g/mol. The van der Waals surface area contributed by atoms with Crippen molar-refractivity contribution < 1.29 is 9.13 Å². The van der Waals surface area contributed by atoms with E-state index >= 15 is 0 Å². The average Bonchev–Trinajstić information content (AvgIpc) is 2.26. The Morgan fingerprint density at radius 3 is 2.53 bits per heavy atom. The minimum Gasteiger partial charge on any atom is -0.496 e. The van der Waals surface area contributed by atoms with Crippen molar-refractivity contribution in [2.24, 2.45) is 5.73 Å². The van der Waals surface area contributed by atoms with Crippen LogP contribution in [0, 0.1) is 0 Å². The summed E-state index contributed by atoms with van der Waals surface area (Å²) in [5, 5.41) is 0. The highest BCUT2D eigenvalue weighted by Crippen LogP contribution is 2.34. The number of rotatable bonds is 4. The van der Waals surface area contributed by atoms with Gasteiger partial charge in [-0.15, -0.1) is 0 Å². The molecule has 0 radical (unpaired) electrons. The Bertz CT molecular complexity index is 325. The van der Waals surface area contributed by atoms with Gasteiger partial charge in [0.15, 0.2) is 0 Å². The molecule has 84 valence electrons. The predicted octanol–water partition coefficient (Wildman–Crippen LogP) is 2.79. The van der Waals surface area contributed by atoms with Crippen molar-refractivity contribution in [2.75, 3.05) is 13.7 Å². The van der Waals surface area contributed by atoms with Gasteiger partial charge in [-0.3, -0.25) is 0 Å². The Morgan fingerprint density at radius 1 is 1.40 bits per heavy atom. The van der Waals surface area contributed by atoms with Crippen LogP contribution in [0.15, 0.2) is 18.2 Å². The molecule has 2 atom stereocenters. The first-order valence-electron chi connectivity index (χ1n) is 5.12. The molecule has 1 aromatic carbocycles. The van der Waals surface area contributed by atoms with Gasteiger partial charge in [-0.05, 0) is 31.0 Å². The lowest BCUT2D eigenvalue weighted by Crippen LogP contribution is -2.12. The maximum atomic E-state index is 13.5. The number of halogens is 1. The number of methoxy groups -OCH3 is 1. The van der Waals surface area contributed by atoms with E-state index in [0.717, 1.165) is 5.56 Å². The molecule has 0 saturated carbocycles. The third-order valence-corrected chi connectivity index (χ3v) is 2.60. The fourth-order valence-electron chi connectivity index (χ4n) is 1.72. The summed E-state index contributed by atoms with van der Waals surface area (Å²) in [6.45, 7) is 4.01. The first-order chi connectivity index (χ1) is 7.11. The number of hydrogen-bond donors (Lipinski definition) is 1. The maximum absolute atomic E-state index is 13.5. The second-order valence-corrected chi connectivity index (χ2v) is 3.72. The summed E-state index contributed by atoms with van der Waals surface area (Å²) < 4.78 is 18.7. The fraction of sp³-hybridized carbons (Fsp3) is 0.500. The molecule has 2 unspecified atom stereocenters. The summed E-state index contributed by atoms with van der Waals surface area (Å²) in [6, 6.07) is 5.55. The summed E-state index contributed by atoms with van der Waals surface area (Å²) in [4.78, 5) is 0. The Morgan fingerprint density at radius 2 is 2.07 bits per heavy atom. The van der Waals surface area contributed by atoms with Crippen molar-refractivity contribution in [3.05, 3.63) is 29.3 Å². The SMILES string of the molecule is COc1cccc(C(C)CN)c1C(C)F. The Kier molecular flexibility index (Phi) is 4.09. The van der Waals surface area contributed by atoms with Crippen molar-refractivity contribution in [3.63, 3.8) is 0 Å². The van der Waals surface area contributed by atoms with Gasteiger partial charge in [0.05, 0.1) is 7.11 Å². The van der Waals surface area contributed by atoms with Crippen LogP contribution in [0.5, 0.6) is 5.75 Å². The summed E-state index contributed by atoms with van der Waals surface area (Å²) in [6.07, 6.45) is -1.04. The highest BCUT2D eigenvalue weighted by Gasteiger charge is 2.18. The Labute approximate surface area is 90.2 Å². The minimum atomic E-state index is -1.04. The molecule has 0 spiro atoms. The molecule has 2 N–H and O–H groups in total. The minimum absolute atomic E-state index is 0.147. The van der Waals surface area contributed by atoms with Gasteiger partial charge in [0.2, 0.25) is 0 Å². The molecule has 1 aromatic rings. The molecule has 0 heterocycles. The van der Waals surface area contributed by atoms with E-state index in [4.69, 9.17) is 10.5 Å². The lowest BCUT2D eigenvalue weighted by Gasteiger charge is -2.18. The van der Waals surface area contributed by atoms with Crippen LogP contribution in [0.2, 0.25) is 0 Å². The highest BCUT2D eigenvalue weighted by molar-refractivity contribution is 5.43. The number of nitrogens with two attached hydrogens (primary N) is 1. The largest absolute Gasteiger partial charge is 0.496 e. The zero-order valence-electron chi connectivity index (χ0n) is 9.46. The quantitative estimate of drug-likeness (QED) is 0.831. The first kappa shape index (κ1) is 12.0. The van der Waals surface area contributed by atoms with Crippen molar-refractivity contribution in [3.8, 4) is 5.75 Å². The molecule has 0 aliphatic heterocycles. The molecule has 0 aromatic heterocycles. The molecule has 0 amide bonds. The van der Waals surface area contributed by atoms with E-state index in [1.807, 2.05) is 19.1 Å². The van der Waals surface area contributed by atoms with Crippen LogP contribution in [-0.2, 0) is 0 Å². The smallest absolute Gasteiger partial charge is 0.126 e. The Hall–Kier alpha value is -1.09. The van der Waals surface area contributed by atoms with Crippen molar-refractivity contribution in [2.45, 2.75) is 25.9 Å². The van der Waals surface area contributed by atoms with E-state index in [1.165, 1.54) is 6.92 Å². The van der Waals surface area contributed by atoms with Crippen LogP contribution < -0.4 is 10.5 Å². The van der Waals surface area contributed by atoms with Gasteiger partial charge in [-0.2, -0.15) is 0 Å². The van der Waals surface area contributed by atoms with Crippen LogP contribution in [-0.4, -0.2) is 13.7 Å². The monoisotopic (exact) mass is 211 g/mol. The van der Waals surface area contributed by atoms with Gasteiger partial charge in [-0.1, -0.05) is 19.1 Å². The van der Waals surface area contributed by atoms with E-state index in [-0.39, 0.29) is 5.92 Å². The molecule has 0 aliphatic carbocycles. The molecular formula is C12H18FNO. The number of ether oxygens (including phenoxy) is 1. The van der Waals surface area contributed by atoms with Gasteiger partial charge in [0, 0.05) is 5.56 Å². The van der Waals surface area contributed by atoms with Crippen LogP contribution >= 0.6 is 0 Å². The zero-order valence-corrected chi connectivity index (χ0v) is 9.46. The van der Waals surface area contributed by atoms with E-state index in [0.29, 0.717) is 17.9 Å². The summed E-state index contributed by atoms with van der Waals surface area (Å²) in [7, 11) is 1.55. The Balaban J connectivity index is 3.25. The molecule has 3 heteroatoms. The van der Waals surface area contributed by atoms with E-state index < -0.39 is 6.17 Å². The van der Waals surface area contributed by atoms with E-state index in [9.17, 15) is 4.39 Å². The molecule has 0 aliphatic rings. The molecule has 15 heavy (non-hydrogen) atoms. The van der Waals surface area contributed by atoms with Gasteiger partial charge < -0.3 is 10.5 Å². The molecule has 2 nitrogen and oxygen atoms in total. The van der Waals surface area contributed by atoms with Gasteiger partial charge in [0.25, 0.3) is 0 Å². The first-order valence-corrected chi connectivity index (χ1v) is 5.12. The van der Waals surface area contributed by atoms with E-state index in [1.54, 1.807) is 13.2 Å². The molecular weight excluding hydrogens is 193 g/mol. The third kappa shape index (κ3) is 2.48. The summed E-state index contributed by atoms with van der Waals surface area (Å²) in [5.41, 5.74) is 7.16. The normalized spacial score (nSPS) is 14.7. The van der Waals surface area contributed by atoms with Crippen LogP contribution in [0.3, 0.4) is 0 Å². The van der Waals surface area contributed by atoms with E-state index in [2.05, 4.69) is 0 Å². The second kappa shape index (κ2) is 5.12. The second-order valence-electron chi connectivity index (χ2n) is 3.72. The van der Waals surface area contributed by atoms with Crippen molar-refractivity contribution >= 4 is 0 Å². The van der Waals surface area contributed by atoms with Gasteiger partial charge >= 0.3 is 0 Å². The lowest BCUT2D eigenvalue weighted by atomic mass is 9.93. The zero-order chi connectivity index (χ0) is 11.4. The van der Waals surface area contributed by atoms with Gasteiger partial charge in [-0.25, -0.2) is 4.39 Å². The topological polar surface area (TPSA) is 35.2 Å². The van der Waals surface area contributed by atoms with Crippen LogP contribution in [0.4, 0.5) is 4.39 Å². The highest BCUT2D eigenvalue weighted by atomic mass is 19.1. The molecule has 0 bridgehead atoms. The number of alkyl halides is 1. The molecule has 0 saturated heterocycles. The molecule has 1 rings (SSSR count).